The van der Waals surface area contributed by atoms with Gasteiger partial charge in [0.2, 0.25) is 0 Å². The summed E-state index contributed by atoms with van der Waals surface area (Å²) in [6.07, 6.45) is 5.31. The molecule has 3 N–H and O–H groups in total. The molecule has 0 atom stereocenters. The standard InChI is InChI=1S/C11H20N4OS/c1-15-9(7-12)13-14-10(15)17-8-11(16)5-3-2-4-6-11/h16H,2-8,12H2,1H3. The molecule has 0 aliphatic heterocycles. The number of nitrogens with zero attached hydrogens (tertiary/aromatic N) is 3. The van der Waals surface area contributed by atoms with Gasteiger partial charge in [0.15, 0.2) is 5.16 Å². The molecule has 17 heavy (non-hydrogen) atoms. The van der Waals surface area contributed by atoms with E-state index < -0.39 is 5.60 Å². The number of thioether (sulfide) groups is 1. The van der Waals surface area contributed by atoms with Crippen molar-refractivity contribution in [3.05, 3.63) is 5.82 Å². The zero-order valence-electron chi connectivity index (χ0n) is 10.2. The van der Waals surface area contributed by atoms with Crippen molar-refractivity contribution >= 4 is 11.8 Å². The highest BCUT2D eigenvalue weighted by Gasteiger charge is 2.29. The molecule has 1 aliphatic rings. The second kappa shape index (κ2) is 5.37. The molecule has 96 valence electrons. The summed E-state index contributed by atoms with van der Waals surface area (Å²) in [4.78, 5) is 0. The van der Waals surface area contributed by atoms with Crippen LogP contribution in [0.3, 0.4) is 0 Å². The van der Waals surface area contributed by atoms with E-state index in [0.717, 1.165) is 36.7 Å². The Labute approximate surface area is 106 Å². The van der Waals surface area contributed by atoms with Crippen LogP contribution < -0.4 is 5.73 Å². The van der Waals surface area contributed by atoms with Crippen LogP contribution in [0.2, 0.25) is 0 Å². The van der Waals surface area contributed by atoms with E-state index in [1.165, 1.54) is 6.42 Å². The maximum Gasteiger partial charge on any atom is 0.191 e. The van der Waals surface area contributed by atoms with Crippen molar-refractivity contribution in [2.24, 2.45) is 12.8 Å². The zero-order valence-corrected chi connectivity index (χ0v) is 11.0. The van der Waals surface area contributed by atoms with Crippen LogP contribution in [-0.4, -0.2) is 31.2 Å². The predicted octanol–water partition coefficient (Wildman–Crippen LogP) is 1.06. The predicted molar refractivity (Wildman–Crippen MR) is 67.7 cm³/mol. The molecule has 1 aromatic heterocycles. The summed E-state index contributed by atoms with van der Waals surface area (Å²) in [6, 6.07) is 0. The van der Waals surface area contributed by atoms with Gasteiger partial charge in [-0.3, -0.25) is 0 Å². The summed E-state index contributed by atoms with van der Waals surface area (Å²) in [5, 5.41) is 19.3. The number of nitrogens with two attached hydrogens (primary N) is 1. The summed E-state index contributed by atoms with van der Waals surface area (Å²) in [5.74, 6) is 1.48. The minimum Gasteiger partial charge on any atom is -0.389 e. The van der Waals surface area contributed by atoms with Gasteiger partial charge >= 0.3 is 0 Å². The van der Waals surface area contributed by atoms with E-state index in [2.05, 4.69) is 10.2 Å². The molecule has 0 spiro atoms. The number of hydrogen-bond donors (Lipinski definition) is 2. The Kier molecular flexibility index (Phi) is 4.06. The Balaban J connectivity index is 1.94. The van der Waals surface area contributed by atoms with E-state index in [-0.39, 0.29) is 0 Å². The van der Waals surface area contributed by atoms with Crippen molar-refractivity contribution < 1.29 is 5.11 Å². The third-order valence-corrected chi connectivity index (χ3v) is 4.66. The molecule has 1 heterocycles. The van der Waals surface area contributed by atoms with Crippen molar-refractivity contribution in [2.75, 3.05) is 5.75 Å². The number of aromatic nitrogens is 3. The Bertz CT molecular complexity index is 374. The van der Waals surface area contributed by atoms with Crippen LogP contribution in [0.15, 0.2) is 5.16 Å². The van der Waals surface area contributed by atoms with E-state index in [4.69, 9.17) is 5.73 Å². The summed E-state index contributed by atoms with van der Waals surface area (Å²) < 4.78 is 1.90. The SMILES string of the molecule is Cn1c(CN)nnc1SCC1(O)CCCCC1. The molecular formula is C11H20N4OS. The van der Waals surface area contributed by atoms with Crippen LogP contribution in [0.5, 0.6) is 0 Å². The molecule has 1 aromatic rings. The fourth-order valence-corrected chi connectivity index (χ4v) is 3.29. The van der Waals surface area contributed by atoms with Gasteiger partial charge < -0.3 is 15.4 Å². The fourth-order valence-electron chi connectivity index (χ4n) is 2.20. The van der Waals surface area contributed by atoms with Crippen LogP contribution in [0.1, 0.15) is 37.9 Å². The zero-order chi connectivity index (χ0) is 12.3. The van der Waals surface area contributed by atoms with Gasteiger partial charge in [0.1, 0.15) is 5.82 Å². The van der Waals surface area contributed by atoms with Crippen LogP contribution in [0, 0.1) is 0 Å². The molecule has 0 bridgehead atoms. The molecule has 1 saturated carbocycles. The molecule has 0 unspecified atom stereocenters. The smallest absolute Gasteiger partial charge is 0.191 e. The van der Waals surface area contributed by atoms with Gasteiger partial charge in [-0.15, -0.1) is 10.2 Å². The van der Waals surface area contributed by atoms with Crippen LogP contribution >= 0.6 is 11.8 Å². The molecule has 0 saturated heterocycles. The van der Waals surface area contributed by atoms with E-state index in [9.17, 15) is 5.11 Å². The van der Waals surface area contributed by atoms with Crippen molar-refractivity contribution in [1.82, 2.24) is 14.8 Å². The topological polar surface area (TPSA) is 77.0 Å². The van der Waals surface area contributed by atoms with Crippen LogP contribution in [-0.2, 0) is 13.6 Å². The number of aliphatic hydroxyl groups is 1. The molecular weight excluding hydrogens is 236 g/mol. The molecule has 0 amide bonds. The first-order valence-electron chi connectivity index (χ1n) is 6.08. The van der Waals surface area contributed by atoms with Gasteiger partial charge in [0, 0.05) is 12.8 Å². The third-order valence-electron chi connectivity index (χ3n) is 3.36. The quantitative estimate of drug-likeness (QED) is 0.788. The largest absolute Gasteiger partial charge is 0.389 e. The number of rotatable bonds is 4. The maximum absolute atomic E-state index is 10.4. The minimum atomic E-state index is -0.516. The summed E-state index contributed by atoms with van der Waals surface area (Å²) in [5.41, 5.74) is 5.03. The van der Waals surface area contributed by atoms with Crippen LogP contribution in [0.25, 0.3) is 0 Å². The highest BCUT2D eigenvalue weighted by atomic mass is 32.2. The van der Waals surface area contributed by atoms with Gasteiger partial charge in [-0.2, -0.15) is 0 Å². The summed E-state index contributed by atoms with van der Waals surface area (Å²) in [6.45, 7) is 0.397. The van der Waals surface area contributed by atoms with Gasteiger partial charge in [-0.1, -0.05) is 31.0 Å². The molecule has 5 nitrogen and oxygen atoms in total. The van der Waals surface area contributed by atoms with Gasteiger partial charge in [-0.05, 0) is 12.8 Å². The van der Waals surface area contributed by atoms with E-state index in [1.807, 2.05) is 11.6 Å². The molecule has 0 radical (unpaired) electrons. The highest BCUT2D eigenvalue weighted by Crippen LogP contribution is 2.32. The molecule has 1 fully saturated rings. The van der Waals surface area contributed by atoms with Crippen molar-refractivity contribution in [1.29, 1.82) is 0 Å². The second-order valence-electron chi connectivity index (χ2n) is 4.74. The van der Waals surface area contributed by atoms with Crippen molar-refractivity contribution in [2.45, 2.75) is 49.4 Å². The second-order valence-corrected chi connectivity index (χ2v) is 5.68. The lowest BCUT2D eigenvalue weighted by Gasteiger charge is -2.31. The summed E-state index contributed by atoms with van der Waals surface area (Å²) >= 11 is 1.57. The molecule has 1 aliphatic carbocycles. The summed E-state index contributed by atoms with van der Waals surface area (Å²) in [7, 11) is 1.91. The highest BCUT2D eigenvalue weighted by molar-refractivity contribution is 7.99. The Hall–Kier alpha value is -0.590. The first kappa shape index (κ1) is 12.9. The molecule has 6 heteroatoms. The van der Waals surface area contributed by atoms with Gasteiger partial charge in [0.05, 0.1) is 12.1 Å². The Morgan fingerprint density at radius 2 is 2.06 bits per heavy atom. The molecule has 2 rings (SSSR count). The first-order chi connectivity index (χ1) is 8.14. The van der Waals surface area contributed by atoms with Crippen LogP contribution in [0.4, 0.5) is 0 Å². The monoisotopic (exact) mass is 256 g/mol. The third kappa shape index (κ3) is 3.00. The van der Waals surface area contributed by atoms with E-state index in [0.29, 0.717) is 12.3 Å². The Morgan fingerprint density at radius 1 is 1.35 bits per heavy atom. The first-order valence-corrected chi connectivity index (χ1v) is 7.07. The van der Waals surface area contributed by atoms with Crippen molar-refractivity contribution in [3.63, 3.8) is 0 Å². The average molecular weight is 256 g/mol. The fraction of sp³-hybridized carbons (Fsp3) is 0.818. The number of hydrogen-bond acceptors (Lipinski definition) is 5. The maximum atomic E-state index is 10.4. The van der Waals surface area contributed by atoms with Gasteiger partial charge in [0.25, 0.3) is 0 Å². The lowest BCUT2D eigenvalue weighted by Crippen LogP contribution is -2.34. The van der Waals surface area contributed by atoms with Gasteiger partial charge in [-0.25, -0.2) is 0 Å². The lowest BCUT2D eigenvalue weighted by molar-refractivity contribution is 0.0272. The normalized spacial score (nSPS) is 19.5. The van der Waals surface area contributed by atoms with E-state index in [1.54, 1.807) is 11.8 Å². The van der Waals surface area contributed by atoms with Crippen molar-refractivity contribution in [3.8, 4) is 0 Å². The lowest BCUT2D eigenvalue weighted by atomic mass is 9.86. The Morgan fingerprint density at radius 3 is 2.65 bits per heavy atom. The minimum absolute atomic E-state index is 0.397. The molecule has 0 aromatic carbocycles. The average Bonchev–Trinajstić information content (AvgIpc) is 2.69. The van der Waals surface area contributed by atoms with E-state index >= 15 is 0 Å².